The minimum atomic E-state index is -0.173. The maximum Gasteiger partial charge on any atom is 0.276 e. The number of amides is 2. The van der Waals surface area contributed by atoms with Gasteiger partial charge in [-0.15, -0.1) is 5.10 Å². The van der Waals surface area contributed by atoms with Crippen LogP contribution in [0.25, 0.3) is 0 Å². The molecule has 0 spiro atoms. The van der Waals surface area contributed by atoms with Gasteiger partial charge in [0.15, 0.2) is 5.69 Å². The van der Waals surface area contributed by atoms with Crippen LogP contribution >= 0.6 is 11.6 Å². The second kappa shape index (κ2) is 8.96. The number of benzene rings is 2. The van der Waals surface area contributed by atoms with E-state index in [1.54, 1.807) is 14.5 Å². The monoisotopic (exact) mass is 465 g/mol. The van der Waals surface area contributed by atoms with Gasteiger partial charge in [-0.3, -0.25) is 9.59 Å². The minimum Gasteiger partial charge on any atom is -0.365 e. The topological polar surface area (TPSA) is 80.6 Å². The zero-order chi connectivity index (χ0) is 22.9. The van der Waals surface area contributed by atoms with Crippen LogP contribution in [-0.4, -0.2) is 62.8 Å². The third kappa shape index (κ3) is 4.24. The number of hydrogen-bond acceptors (Lipinski definition) is 5. The number of piperazine rings is 1. The van der Waals surface area contributed by atoms with Crippen molar-refractivity contribution >= 4 is 23.4 Å². The number of halogens is 1. The molecule has 0 unspecified atom stereocenters. The molecule has 3 heterocycles. The summed E-state index contributed by atoms with van der Waals surface area (Å²) in [6.07, 6.45) is -0.171. The van der Waals surface area contributed by atoms with E-state index in [0.29, 0.717) is 54.7 Å². The fraction of sp³-hybridized carbons (Fsp3) is 0.333. The molecule has 1 atom stereocenters. The largest absolute Gasteiger partial charge is 0.365 e. The van der Waals surface area contributed by atoms with Crippen LogP contribution in [0.2, 0.25) is 5.02 Å². The Labute approximate surface area is 196 Å². The Morgan fingerprint density at radius 2 is 1.64 bits per heavy atom. The van der Waals surface area contributed by atoms with Gasteiger partial charge in [-0.25, -0.2) is 4.68 Å². The summed E-state index contributed by atoms with van der Waals surface area (Å²) in [5.41, 5.74) is 3.67. The number of carbonyl (C=O) groups excluding carboxylic acids is 2. The maximum atomic E-state index is 13.2. The molecule has 9 heteroatoms. The lowest BCUT2D eigenvalue weighted by Gasteiger charge is -2.35. The highest BCUT2D eigenvalue weighted by Gasteiger charge is 2.32. The molecule has 3 aromatic rings. The molecule has 33 heavy (non-hydrogen) atoms. The zero-order valence-corrected chi connectivity index (χ0v) is 19.0. The van der Waals surface area contributed by atoms with E-state index < -0.39 is 0 Å². The lowest BCUT2D eigenvalue weighted by molar-refractivity contribution is -0.00202. The summed E-state index contributed by atoms with van der Waals surface area (Å²) in [5.74, 6) is -0.171. The molecule has 5 rings (SSSR count). The molecule has 2 aliphatic rings. The van der Waals surface area contributed by atoms with Crippen molar-refractivity contribution in [2.75, 3.05) is 26.2 Å². The van der Waals surface area contributed by atoms with Crippen LogP contribution in [0.1, 0.15) is 43.8 Å². The van der Waals surface area contributed by atoms with Gasteiger partial charge in [-0.2, -0.15) is 0 Å². The average Bonchev–Trinajstić information content (AvgIpc) is 3.27. The van der Waals surface area contributed by atoms with Gasteiger partial charge in [0.1, 0.15) is 6.10 Å². The smallest absolute Gasteiger partial charge is 0.276 e. The predicted molar refractivity (Wildman–Crippen MR) is 122 cm³/mol. The van der Waals surface area contributed by atoms with Crippen molar-refractivity contribution in [1.29, 1.82) is 0 Å². The molecule has 0 aliphatic carbocycles. The first-order valence-corrected chi connectivity index (χ1v) is 11.3. The summed E-state index contributed by atoms with van der Waals surface area (Å²) < 4.78 is 7.75. The number of fused-ring (bicyclic) bond motifs is 1. The van der Waals surface area contributed by atoms with Crippen LogP contribution in [0, 0.1) is 6.92 Å². The van der Waals surface area contributed by atoms with Gasteiger partial charge in [-0.05, 0) is 36.2 Å². The molecule has 1 aromatic heterocycles. The van der Waals surface area contributed by atoms with E-state index in [1.807, 2.05) is 55.5 Å². The van der Waals surface area contributed by atoms with Crippen LogP contribution in [0.4, 0.5) is 0 Å². The summed E-state index contributed by atoms with van der Waals surface area (Å²) >= 11 is 5.98. The standard InChI is InChI=1S/C24H24ClN5O3/c1-16-4-2-3-5-19(16)23(31)28-10-12-29(13-11-28)24(32)22-20-15-33-21(14-30(20)27-26-22)17-6-8-18(25)9-7-17/h2-9,21H,10-15H2,1H3/t21-/m1/s1. The first-order valence-electron chi connectivity index (χ1n) is 10.9. The van der Waals surface area contributed by atoms with Gasteiger partial charge >= 0.3 is 0 Å². The van der Waals surface area contributed by atoms with E-state index in [-0.39, 0.29) is 24.5 Å². The molecule has 0 saturated carbocycles. The summed E-state index contributed by atoms with van der Waals surface area (Å²) in [6, 6.07) is 15.1. The van der Waals surface area contributed by atoms with Crippen LogP contribution in [0.3, 0.4) is 0 Å². The lowest BCUT2D eigenvalue weighted by atomic mass is 10.1. The molecule has 1 fully saturated rings. The van der Waals surface area contributed by atoms with E-state index in [4.69, 9.17) is 16.3 Å². The fourth-order valence-electron chi connectivity index (χ4n) is 4.30. The molecule has 0 bridgehead atoms. The van der Waals surface area contributed by atoms with Crippen molar-refractivity contribution in [3.05, 3.63) is 81.6 Å². The van der Waals surface area contributed by atoms with Gasteiger partial charge in [0, 0.05) is 36.8 Å². The van der Waals surface area contributed by atoms with Gasteiger partial charge in [0.2, 0.25) is 0 Å². The third-order valence-corrected chi connectivity index (χ3v) is 6.52. The Morgan fingerprint density at radius 3 is 2.33 bits per heavy atom. The number of aryl methyl sites for hydroxylation is 1. The van der Waals surface area contributed by atoms with E-state index >= 15 is 0 Å². The van der Waals surface area contributed by atoms with Crippen LogP contribution in [0.15, 0.2) is 48.5 Å². The van der Waals surface area contributed by atoms with E-state index in [9.17, 15) is 9.59 Å². The molecular weight excluding hydrogens is 442 g/mol. The zero-order valence-electron chi connectivity index (χ0n) is 18.3. The van der Waals surface area contributed by atoms with Crippen molar-refractivity contribution in [1.82, 2.24) is 24.8 Å². The first-order chi connectivity index (χ1) is 16.0. The van der Waals surface area contributed by atoms with Gasteiger partial charge < -0.3 is 14.5 Å². The summed E-state index contributed by atoms with van der Waals surface area (Å²) in [5, 5.41) is 9.05. The quantitative estimate of drug-likeness (QED) is 0.593. The van der Waals surface area contributed by atoms with Crippen molar-refractivity contribution in [3.8, 4) is 0 Å². The number of carbonyl (C=O) groups is 2. The Morgan fingerprint density at radius 1 is 0.970 bits per heavy atom. The van der Waals surface area contributed by atoms with Crippen molar-refractivity contribution < 1.29 is 14.3 Å². The number of aromatic nitrogens is 3. The van der Waals surface area contributed by atoms with Gasteiger partial charge in [-0.1, -0.05) is 47.1 Å². The highest BCUT2D eigenvalue weighted by Crippen LogP contribution is 2.28. The normalized spacial score (nSPS) is 18.2. The Balaban J connectivity index is 1.23. The number of ether oxygens (including phenoxy) is 1. The summed E-state index contributed by atoms with van der Waals surface area (Å²) in [7, 11) is 0. The maximum absolute atomic E-state index is 13.2. The second-order valence-corrected chi connectivity index (χ2v) is 8.75. The Hall–Kier alpha value is -3.23. The molecule has 0 radical (unpaired) electrons. The van der Waals surface area contributed by atoms with Gasteiger partial charge in [0.25, 0.3) is 11.8 Å². The number of hydrogen-bond donors (Lipinski definition) is 0. The number of rotatable bonds is 3. The molecule has 2 aromatic carbocycles. The molecule has 170 valence electrons. The van der Waals surface area contributed by atoms with Crippen LogP contribution < -0.4 is 0 Å². The molecule has 2 aliphatic heterocycles. The first kappa shape index (κ1) is 21.6. The highest BCUT2D eigenvalue weighted by atomic mass is 35.5. The summed E-state index contributed by atoms with van der Waals surface area (Å²) in [4.78, 5) is 29.5. The molecule has 8 nitrogen and oxygen atoms in total. The van der Waals surface area contributed by atoms with Crippen LogP contribution in [-0.2, 0) is 17.9 Å². The van der Waals surface area contributed by atoms with E-state index in [2.05, 4.69) is 10.3 Å². The van der Waals surface area contributed by atoms with Crippen molar-refractivity contribution in [3.63, 3.8) is 0 Å². The van der Waals surface area contributed by atoms with Gasteiger partial charge in [0.05, 0.1) is 18.8 Å². The minimum absolute atomic E-state index is 0.00266. The molecule has 2 amide bonds. The molecule has 1 saturated heterocycles. The fourth-order valence-corrected chi connectivity index (χ4v) is 4.43. The molecule has 0 N–H and O–H groups in total. The highest BCUT2D eigenvalue weighted by molar-refractivity contribution is 6.30. The summed E-state index contributed by atoms with van der Waals surface area (Å²) in [6.45, 7) is 4.55. The van der Waals surface area contributed by atoms with Crippen molar-refractivity contribution in [2.24, 2.45) is 0 Å². The van der Waals surface area contributed by atoms with E-state index in [0.717, 1.165) is 11.1 Å². The Kier molecular flexibility index (Phi) is 5.86. The Bertz CT molecular complexity index is 1190. The SMILES string of the molecule is Cc1ccccc1C(=O)N1CCN(C(=O)c2nnn3c2CO[C@@H](c2ccc(Cl)cc2)C3)CC1. The second-order valence-electron chi connectivity index (χ2n) is 8.32. The van der Waals surface area contributed by atoms with E-state index in [1.165, 1.54) is 0 Å². The van der Waals surface area contributed by atoms with Crippen molar-refractivity contribution in [2.45, 2.75) is 26.2 Å². The third-order valence-electron chi connectivity index (χ3n) is 6.27. The molecular formula is C24H24ClN5O3. The van der Waals surface area contributed by atoms with Crippen LogP contribution in [0.5, 0.6) is 0 Å². The lowest BCUT2D eigenvalue weighted by Crippen LogP contribution is -2.51. The average molecular weight is 466 g/mol. The number of nitrogens with zero attached hydrogens (tertiary/aromatic N) is 5. The predicted octanol–water partition coefficient (Wildman–Crippen LogP) is 3.11.